The fourth-order valence-electron chi connectivity index (χ4n) is 2.71. The topological polar surface area (TPSA) is 55.1 Å². The minimum absolute atomic E-state index is 0.232. The van der Waals surface area contributed by atoms with Gasteiger partial charge in [0.15, 0.2) is 5.58 Å². The summed E-state index contributed by atoms with van der Waals surface area (Å²) in [5.74, 6) is 0.139. The summed E-state index contributed by atoms with van der Waals surface area (Å²) in [5, 5.41) is 3.63. The Morgan fingerprint density at radius 1 is 1.00 bits per heavy atom. The first-order valence-corrected chi connectivity index (χ1v) is 9.25. The van der Waals surface area contributed by atoms with E-state index < -0.39 is 0 Å². The van der Waals surface area contributed by atoms with Gasteiger partial charge in [0.25, 0.3) is 0 Å². The van der Waals surface area contributed by atoms with E-state index in [1.807, 2.05) is 30.3 Å². The molecule has 1 amide bonds. The van der Waals surface area contributed by atoms with Gasteiger partial charge in [-0.1, -0.05) is 59.6 Å². The van der Waals surface area contributed by atoms with Crippen LogP contribution in [0.15, 0.2) is 77.2 Å². The molecule has 138 valence electrons. The highest BCUT2D eigenvalue weighted by atomic mass is 35.5. The lowest BCUT2D eigenvalue weighted by molar-refractivity contribution is -0.111. The summed E-state index contributed by atoms with van der Waals surface area (Å²) in [7, 11) is 0. The molecule has 1 N–H and O–H groups in total. The summed E-state index contributed by atoms with van der Waals surface area (Å²) in [6, 6.07) is 20.1. The fraction of sp³-hybridized carbons (Fsp3) is 0. The first-order valence-electron chi connectivity index (χ1n) is 8.49. The molecule has 4 nitrogen and oxygen atoms in total. The summed E-state index contributed by atoms with van der Waals surface area (Å²) in [6.07, 6.45) is 3.24. The van der Waals surface area contributed by atoms with Crippen molar-refractivity contribution in [2.75, 3.05) is 5.32 Å². The van der Waals surface area contributed by atoms with E-state index in [-0.39, 0.29) is 5.91 Å². The molecule has 0 spiro atoms. The zero-order valence-corrected chi connectivity index (χ0v) is 16.0. The highest BCUT2D eigenvalue weighted by Gasteiger charge is 2.14. The van der Waals surface area contributed by atoms with E-state index >= 15 is 0 Å². The highest BCUT2D eigenvalue weighted by Crippen LogP contribution is 2.34. The lowest BCUT2D eigenvalue weighted by Gasteiger charge is -2.01. The van der Waals surface area contributed by atoms with Crippen molar-refractivity contribution in [3.63, 3.8) is 0 Å². The molecule has 0 unspecified atom stereocenters. The normalized spacial score (nSPS) is 11.2. The maximum Gasteiger partial charge on any atom is 0.248 e. The van der Waals surface area contributed by atoms with E-state index in [1.54, 1.807) is 42.5 Å². The number of rotatable bonds is 4. The van der Waals surface area contributed by atoms with Gasteiger partial charge < -0.3 is 9.73 Å². The monoisotopic (exact) mass is 408 g/mol. The number of halogens is 2. The predicted molar refractivity (Wildman–Crippen MR) is 114 cm³/mol. The Morgan fingerprint density at radius 3 is 2.64 bits per heavy atom. The molecule has 0 bridgehead atoms. The lowest BCUT2D eigenvalue weighted by atomic mass is 10.2. The average Bonchev–Trinajstić information content (AvgIpc) is 3.12. The molecule has 1 heterocycles. The molecule has 0 radical (unpaired) electrons. The number of fused-ring (bicyclic) bond motifs is 1. The molecule has 0 fully saturated rings. The summed E-state index contributed by atoms with van der Waals surface area (Å²) in [4.78, 5) is 16.6. The van der Waals surface area contributed by atoms with Gasteiger partial charge in [0.05, 0.1) is 15.6 Å². The van der Waals surface area contributed by atoms with Crippen LogP contribution in [0.4, 0.5) is 5.69 Å². The van der Waals surface area contributed by atoms with Crippen molar-refractivity contribution in [1.29, 1.82) is 0 Å². The second kappa shape index (κ2) is 7.89. The maximum absolute atomic E-state index is 12.2. The third-order valence-corrected chi connectivity index (χ3v) is 4.88. The number of oxazole rings is 1. The molecule has 1 aromatic heterocycles. The van der Waals surface area contributed by atoms with Gasteiger partial charge >= 0.3 is 0 Å². The largest absolute Gasteiger partial charge is 0.436 e. The number of hydrogen-bond donors (Lipinski definition) is 1. The third-order valence-electron chi connectivity index (χ3n) is 4.06. The molecule has 4 rings (SSSR count). The van der Waals surface area contributed by atoms with Gasteiger partial charge in [-0.3, -0.25) is 4.79 Å². The smallest absolute Gasteiger partial charge is 0.248 e. The summed E-state index contributed by atoms with van der Waals surface area (Å²) in [6.45, 7) is 0. The van der Waals surface area contributed by atoms with Crippen LogP contribution in [-0.2, 0) is 4.79 Å². The Morgan fingerprint density at radius 2 is 1.82 bits per heavy atom. The fourth-order valence-corrected chi connectivity index (χ4v) is 3.09. The van der Waals surface area contributed by atoms with E-state index in [1.165, 1.54) is 6.08 Å². The van der Waals surface area contributed by atoms with E-state index in [0.29, 0.717) is 38.3 Å². The first-order chi connectivity index (χ1) is 13.6. The Balaban J connectivity index is 1.56. The third kappa shape index (κ3) is 3.93. The van der Waals surface area contributed by atoms with Crippen molar-refractivity contribution >= 4 is 52.0 Å². The molecule has 0 atom stereocenters. The quantitative estimate of drug-likeness (QED) is 0.394. The van der Waals surface area contributed by atoms with Crippen LogP contribution >= 0.6 is 23.2 Å². The molecule has 0 aliphatic heterocycles. The number of carbonyl (C=O) groups is 1. The van der Waals surface area contributed by atoms with Crippen molar-refractivity contribution in [2.24, 2.45) is 0 Å². The van der Waals surface area contributed by atoms with Crippen molar-refractivity contribution in [1.82, 2.24) is 4.98 Å². The van der Waals surface area contributed by atoms with Crippen LogP contribution in [0.3, 0.4) is 0 Å². The van der Waals surface area contributed by atoms with Crippen molar-refractivity contribution in [3.05, 3.63) is 88.4 Å². The minimum Gasteiger partial charge on any atom is -0.436 e. The lowest BCUT2D eigenvalue weighted by Crippen LogP contribution is -2.07. The second-order valence-electron chi connectivity index (χ2n) is 6.04. The number of nitrogens with zero attached hydrogens (tertiary/aromatic N) is 1. The van der Waals surface area contributed by atoms with Crippen molar-refractivity contribution in [2.45, 2.75) is 0 Å². The van der Waals surface area contributed by atoms with Gasteiger partial charge in [0.1, 0.15) is 5.52 Å². The van der Waals surface area contributed by atoms with E-state index in [2.05, 4.69) is 10.3 Å². The van der Waals surface area contributed by atoms with Crippen LogP contribution < -0.4 is 5.32 Å². The molecule has 28 heavy (non-hydrogen) atoms. The Kier molecular flexibility index (Phi) is 5.15. The van der Waals surface area contributed by atoms with Gasteiger partial charge in [-0.2, -0.15) is 0 Å². The molecule has 0 aliphatic rings. The zero-order chi connectivity index (χ0) is 19.5. The first kappa shape index (κ1) is 18.3. The second-order valence-corrected chi connectivity index (χ2v) is 6.82. The van der Waals surface area contributed by atoms with Crippen LogP contribution in [0.2, 0.25) is 10.0 Å². The van der Waals surface area contributed by atoms with Crippen LogP contribution in [-0.4, -0.2) is 10.9 Å². The minimum atomic E-state index is -0.232. The molecular formula is C22H14Cl2N2O2. The molecule has 6 heteroatoms. The Bertz CT molecular complexity index is 1180. The van der Waals surface area contributed by atoms with Crippen LogP contribution in [0, 0.1) is 0 Å². The Hall–Kier alpha value is -3.08. The predicted octanol–water partition coefficient (Wildman–Crippen LogP) is 6.45. The molecule has 0 aliphatic carbocycles. The summed E-state index contributed by atoms with van der Waals surface area (Å²) in [5.41, 5.74) is 3.38. The van der Waals surface area contributed by atoms with Gasteiger partial charge in [-0.25, -0.2) is 4.98 Å². The van der Waals surface area contributed by atoms with Crippen LogP contribution in [0.1, 0.15) is 5.56 Å². The van der Waals surface area contributed by atoms with Gasteiger partial charge in [0.2, 0.25) is 11.8 Å². The number of anilines is 1. The molecule has 3 aromatic carbocycles. The summed E-state index contributed by atoms with van der Waals surface area (Å²) < 4.78 is 5.77. The van der Waals surface area contributed by atoms with Crippen LogP contribution in [0.25, 0.3) is 28.6 Å². The van der Waals surface area contributed by atoms with Gasteiger partial charge in [-0.05, 0) is 42.0 Å². The average molecular weight is 409 g/mol. The molecule has 0 saturated heterocycles. The zero-order valence-electron chi connectivity index (χ0n) is 14.5. The standard InChI is InChI=1S/C22H14Cl2N2O2/c23-17-8-4-7-16(21(17)24)22-26-18-13-15(10-11-19(18)28-22)25-20(27)12-9-14-5-2-1-3-6-14/h1-13H,(H,25,27)/b12-9+. The molecular weight excluding hydrogens is 395 g/mol. The van der Waals surface area contributed by atoms with E-state index in [4.69, 9.17) is 27.6 Å². The van der Waals surface area contributed by atoms with Gasteiger partial charge in [0, 0.05) is 11.8 Å². The number of aromatic nitrogens is 1. The molecule has 4 aromatic rings. The maximum atomic E-state index is 12.2. The number of benzene rings is 3. The van der Waals surface area contributed by atoms with Gasteiger partial charge in [-0.15, -0.1) is 0 Å². The number of amides is 1. The number of nitrogens with one attached hydrogen (secondary N) is 1. The SMILES string of the molecule is O=C(/C=C/c1ccccc1)Nc1ccc2oc(-c3cccc(Cl)c3Cl)nc2c1. The highest BCUT2D eigenvalue weighted by molar-refractivity contribution is 6.43. The van der Waals surface area contributed by atoms with E-state index in [9.17, 15) is 4.79 Å². The molecule has 0 saturated carbocycles. The summed E-state index contributed by atoms with van der Waals surface area (Å²) >= 11 is 12.3. The number of carbonyl (C=O) groups excluding carboxylic acids is 1. The van der Waals surface area contributed by atoms with E-state index in [0.717, 1.165) is 5.56 Å². The Labute approximate surface area is 171 Å². The number of hydrogen-bond acceptors (Lipinski definition) is 3. The van der Waals surface area contributed by atoms with Crippen molar-refractivity contribution in [3.8, 4) is 11.5 Å². The van der Waals surface area contributed by atoms with Crippen molar-refractivity contribution < 1.29 is 9.21 Å². The van der Waals surface area contributed by atoms with Crippen LogP contribution in [0.5, 0.6) is 0 Å².